The molecule has 2 aromatic carbocycles. The molecule has 0 atom stereocenters. The monoisotopic (exact) mass is 415 g/mol. The Morgan fingerprint density at radius 2 is 1.86 bits per heavy atom. The minimum absolute atomic E-state index is 0.0849. The predicted octanol–water partition coefficient (Wildman–Crippen LogP) is 3.48. The Bertz CT molecular complexity index is 1170. The summed E-state index contributed by atoms with van der Waals surface area (Å²) in [6.45, 7) is 1.85. The lowest BCUT2D eigenvalue weighted by Gasteiger charge is -2.05. The molecule has 0 fully saturated rings. The summed E-state index contributed by atoms with van der Waals surface area (Å²) < 4.78 is 35.2. The molecule has 0 aliphatic carbocycles. The number of aryl methyl sites for hydroxylation is 1. The Labute approximate surface area is 166 Å². The van der Waals surface area contributed by atoms with Crippen molar-refractivity contribution < 1.29 is 22.5 Å². The van der Waals surface area contributed by atoms with Crippen LogP contribution < -0.4 is 9.57 Å². The minimum atomic E-state index is -3.80. The van der Waals surface area contributed by atoms with E-state index in [-0.39, 0.29) is 16.3 Å². The molecular weight excluding hydrogens is 398 g/mol. The van der Waals surface area contributed by atoms with Crippen LogP contribution in [0.4, 0.5) is 5.69 Å². The molecule has 0 saturated heterocycles. The maximum absolute atomic E-state index is 12.2. The summed E-state index contributed by atoms with van der Waals surface area (Å²) in [5.74, 6) is 0.960. The maximum Gasteiger partial charge on any atom is 0.276 e. The summed E-state index contributed by atoms with van der Waals surface area (Å²) in [7, 11) is -2.36. The van der Waals surface area contributed by atoms with Crippen molar-refractivity contribution in [2.24, 2.45) is 5.10 Å². The van der Waals surface area contributed by atoms with Crippen LogP contribution in [0.3, 0.4) is 0 Å². The smallest absolute Gasteiger partial charge is 0.276 e. The molecule has 3 rings (SSSR count). The molecule has 10 heteroatoms. The van der Waals surface area contributed by atoms with Gasteiger partial charge in [-0.2, -0.15) is 18.4 Å². The minimum Gasteiger partial charge on any atom is -0.496 e. The summed E-state index contributed by atoms with van der Waals surface area (Å²) in [4.78, 5) is 12.7. The molecule has 0 aliphatic heterocycles. The van der Waals surface area contributed by atoms with Crippen LogP contribution in [-0.2, 0) is 10.0 Å². The summed E-state index contributed by atoms with van der Waals surface area (Å²) in [5.41, 5.74) is 1.21. The third kappa shape index (κ3) is 4.61. The van der Waals surface area contributed by atoms with Gasteiger partial charge in [-0.3, -0.25) is 10.1 Å². The lowest BCUT2D eigenvalue weighted by molar-refractivity contribution is -0.384. The average molecular weight is 415 g/mol. The highest BCUT2D eigenvalue weighted by atomic mass is 32.2. The van der Waals surface area contributed by atoms with Crippen molar-refractivity contribution in [2.45, 2.75) is 11.8 Å². The number of nitro groups is 1. The SMILES string of the molecule is COc1ccc([N+](=O)[O-])cc1-c1ccc(/C=N\NS(=O)(=O)c2ccc(C)cc2)o1. The van der Waals surface area contributed by atoms with Gasteiger partial charge in [0.1, 0.15) is 17.3 Å². The third-order valence-electron chi connectivity index (χ3n) is 3.98. The van der Waals surface area contributed by atoms with Crippen LogP contribution in [0.2, 0.25) is 0 Å². The predicted molar refractivity (Wildman–Crippen MR) is 106 cm³/mol. The van der Waals surface area contributed by atoms with Crippen LogP contribution in [-0.4, -0.2) is 26.7 Å². The number of hydrogen-bond donors (Lipinski definition) is 1. The summed E-state index contributed by atoms with van der Waals surface area (Å²) in [6, 6.07) is 13.6. The Balaban J connectivity index is 1.79. The Hall–Kier alpha value is -3.66. The van der Waals surface area contributed by atoms with Crippen LogP contribution in [0.25, 0.3) is 11.3 Å². The van der Waals surface area contributed by atoms with Gasteiger partial charge in [0.15, 0.2) is 0 Å². The molecule has 0 bridgehead atoms. The second-order valence-corrected chi connectivity index (χ2v) is 7.67. The number of furan rings is 1. The number of nitrogens with zero attached hydrogens (tertiary/aromatic N) is 2. The lowest BCUT2D eigenvalue weighted by atomic mass is 10.1. The van der Waals surface area contributed by atoms with E-state index < -0.39 is 14.9 Å². The molecule has 1 N–H and O–H groups in total. The van der Waals surface area contributed by atoms with Gasteiger partial charge in [-0.1, -0.05) is 17.7 Å². The molecule has 0 aliphatic rings. The maximum atomic E-state index is 12.2. The number of hydrogen-bond acceptors (Lipinski definition) is 7. The van der Waals surface area contributed by atoms with Gasteiger partial charge in [0.25, 0.3) is 15.7 Å². The van der Waals surface area contributed by atoms with Crippen LogP contribution in [0, 0.1) is 17.0 Å². The van der Waals surface area contributed by atoms with Crippen molar-refractivity contribution in [3.63, 3.8) is 0 Å². The summed E-state index contributed by atoms with van der Waals surface area (Å²) in [6.07, 6.45) is 1.19. The number of ether oxygens (including phenoxy) is 1. The molecule has 9 nitrogen and oxygen atoms in total. The van der Waals surface area contributed by atoms with Gasteiger partial charge in [-0.25, -0.2) is 0 Å². The Morgan fingerprint density at radius 3 is 2.52 bits per heavy atom. The second kappa shape index (κ2) is 8.15. The highest BCUT2D eigenvalue weighted by molar-refractivity contribution is 7.89. The van der Waals surface area contributed by atoms with Gasteiger partial charge in [-0.15, -0.1) is 0 Å². The van der Waals surface area contributed by atoms with E-state index in [9.17, 15) is 18.5 Å². The van der Waals surface area contributed by atoms with Crippen molar-refractivity contribution in [3.05, 3.63) is 76.0 Å². The van der Waals surface area contributed by atoms with E-state index >= 15 is 0 Å². The number of hydrazone groups is 1. The molecule has 29 heavy (non-hydrogen) atoms. The van der Waals surface area contributed by atoms with Crippen LogP contribution >= 0.6 is 0 Å². The normalized spacial score (nSPS) is 11.5. The fourth-order valence-electron chi connectivity index (χ4n) is 2.50. The average Bonchev–Trinajstić information content (AvgIpc) is 3.16. The van der Waals surface area contributed by atoms with E-state index in [0.717, 1.165) is 5.56 Å². The quantitative estimate of drug-likeness (QED) is 0.358. The zero-order valence-electron chi connectivity index (χ0n) is 15.5. The lowest BCUT2D eigenvalue weighted by Crippen LogP contribution is -2.18. The van der Waals surface area contributed by atoms with E-state index in [1.165, 1.54) is 43.7 Å². The van der Waals surface area contributed by atoms with Crippen LogP contribution in [0.1, 0.15) is 11.3 Å². The van der Waals surface area contributed by atoms with Crippen molar-refractivity contribution >= 4 is 21.9 Å². The largest absolute Gasteiger partial charge is 0.496 e. The number of benzene rings is 2. The fraction of sp³-hybridized carbons (Fsp3) is 0.105. The second-order valence-electron chi connectivity index (χ2n) is 6.01. The van der Waals surface area contributed by atoms with E-state index in [2.05, 4.69) is 9.93 Å². The summed E-state index contributed by atoms with van der Waals surface area (Å²) >= 11 is 0. The third-order valence-corrected chi connectivity index (χ3v) is 5.22. The molecule has 0 spiro atoms. The first-order valence-electron chi connectivity index (χ1n) is 8.34. The van der Waals surface area contributed by atoms with Gasteiger partial charge in [0.05, 0.1) is 28.7 Å². The number of sulfonamides is 1. The van der Waals surface area contributed by atoms with E-state index in [1.807, 2.05) is 6.92 Å². The van der Waals surface area contributed by atoms with Crippen molar-refractivity contribution in [2.75, 3.05) is 7.11 Å². The van der Waals surface area contributed by atoms with Crippen LogP contribution in [0.15, 0.2) is 69.0 Å². The molecule has 0 amide bonds. The Morgan fingerprint density at radius 1 is 1.14 bits per heavy atom. The molecule has 3 aromatic rings. The Kier molecular flexibility index (Phi) is 5.64. The first kappa shape index (κ1) is 20.1. The van der Waals surface area contributed by atoms with E-state index in [0.29, 0.717) is 17.1 Å². The zero-order chi connectivity index (χ0) is 21.0. The highest BCUT2D eigenvalue weighted by Crippen LogP contribution is 2.34. The molecule has 150 valence electrons. The number of methoxy groups -OCH3 is 1. The topological polar surface area (TPSA) is 124 Å². The molecule has 1 aromatic heterocycles. The number of rotatable bonds is 7. The van der Waals surface area contributed by atoms with Crippen molar-refractivity contribution in [1.82, 2.24) is 4.83 Å². The molecule has 1 heterocycles. The van der Waals surface area contributed by atoms with Gasteiger partial charge < -0.3 is 9.15 Å². The van der Waals surface area contributed by atoms with E-state index in [1.54, 1.807) is 24.3 Å². The van der Waals surface area contributed by atoms with Gasteiger partial charge in [0.2, 0.25) is 0 Å². The van der Waals surface area contributed by atoms with Crippen LogP contribution in [0.5, 0.6) is 5.75 Å². The molecule has 0 saturated carbocycles. The standard InChI is InChI=1S/C19H17N3O6S/c1-13-3-7-16(8-4-13)29(25,26)21-20-12-15-6-10-19(28-15)17-11-14(22(23)24)5-9-18(17)27-2/h3-12,21H,1-2H3/b20-12-. The zero-order valence-corrected chi connectivity index (χ0v) is 16.3. The number of nitrogens with one attached hydrogen (secondary N) is 1. The summed E-state index contributed by atoms with van der Waals surface area (Å²) in [5, 5.41) is 14.7. The van der Waals surface area contributed by atoms with Gasteiger partial charge in [0, 0.05) is 12.1 Å². The fourth-order valence-corrected chi connectivity index (χ4v) is 3.29. The van der Waals surface area contributed by atoms with Crippen molar-refractivity contribution in [3.8, 4) is 17.1 Å². The van der Waals surface area contributed by atoms with E-state index in [4.69, 9.17) is 9.15 Å². The molecular formula is C19H17N3O6S. The molecule has 0 unspecified atom stereocenters. The van der Waals surface area contributed by atoms with Gasteiger partial charge >= 0.3 is 0 Å². The highest BCUT2D eigenvalue weighted by Gasteiger charge is 2.16. The number of non-ortho nitro benzene ring substituents is 1. The number of nitro benzene ring substituents is 1. The first-order valence-corrected chi connectivity index (χ1v) is 9.82. The molecule has 0 radical (unpaired) electrons. The first-order chi connectivity index (χ1) is 13.8. The van der Waals surface area contributed by atoms with Gasteiger partial charge in [-0.05, 0) is 37.3 Å². The van der Waals surface area contributed by atoms with Crippen molar-refractivity contribution in [1.29, 1.82) is 0 Å².